The lowest BCUT2D eigenvalue weighted by molar-refractivity contribution is 0.182. The molecule has 1 atom stereocenters. The van der Waals surface area contributed by atoms with Crippen LogP contribution in [0.4, 0.5) is 0 Å². The molecule has 1 aliphatic heterocycles. The van der Waals surface area contributed by atoms with E-state index in [9.17, 15) is 0 Å². The Balaban J connectivity index is 2.50. The quantitative estimate of drug-likeness (QED) is 0.775. The van der Waals surface area contributed by atoms with Crippen molar-refractivity contribution >= 4 is 0 Å². The Morgan fingerprint density at radius 1 is 1.25 bits per heavy atom. The highest BCUT2D eigenvalue weighted by atomic mass is 15.2. The molecule has 16 heavy (non-hydrogen) atoms. The predicted octanol–water partition coefficient (Wildman–Crippen LogP) is 2.89. The van der Waals surface area contributed by atoms with E-state index in [1.165, 1.54) is 45.2 Å². The second kappa shape index (κ2) is 6.61. The Morgan fingerprint density at radius 2 is 2.00 bits per heavy atom. The molecule has 96 valence electrons. The maximum atomic E-state index is 3.35. The van der Waals surface area contributed by atoms with E-state index in [1.807, 2.05) is 0 Å². The van der Waals surface area contributed by atoms with Gasteiger partial charge >= 0.3 is 0 Å². The van der Waals surface area contributed by atoms with E-state index >= 15 is 0 Å². The second-order valence-corrected chi connectivity index (χ2v) is 6.05. The van der Waals surface area contributed by atoms with Gasteiger partial charge in [0.2, 0.25) is 0 Å². The lowest BCUT2D eigenvalue weighted by atomic mass is 9.85. The van der Waals surface area contributed by atoms with Gasteiger partial charge in [0, 0.05) is 12.6 Å². The molecular weight excluding hydrogens is 196 g/mol. The van der Waals surface area contributed by atoms with Crippen molar-refractivity contribution in [1.82, 2.24) is 10.2 Å². The van der Waals surface area contributed by atoms with Gasteiger partial charge in [-0.1, -0.05) is 27.2 Å². The zero-order valence-corrected chi connectivity index (χ0v) is 11.7. The van der Waals surface area contributed by atoms with E-state index in [1.54, 1.807) is 0 Å². The van der Waals surface area contributed by atoms with Crippen LogP contribution in [0.25, 0.3) is 0 Å². The first-order valence-corrected chi connectivity index (χ1v) is 6.97. The van der Waals surface area contributed by atoms with E-state index in [0.29, 0.717) is 5.41 Å². The third kappa shape index (κ3) is 4.42. The third-order valence-electron chi connectivity index (χ3n) is 3.95. The van der Waals surface area contributed by atoms with Gasteiger partial charge in [-0.25, -0.2) is 0 Å². The molecule has 2 nitrogen and oxygen atoms in total. The van der Waals surface area contributed by atoms with Crippen molar-refractivity contribution < 1.29 is 0 Å². The first kappa shape index (κ1) is 14.0. The van der Waals surface area contributed by atoms with Gasteiger partial charge in [0.1, 0.15) is 0 Å². The van der Waals surface area contributed by atoms with E-state index in [-0.39, 0.29) is 0 Å². The minimum Gasteiger partial charge on any atom is -0.318 e. The molecule has 2 heteroatoms. The average Bonchev–Trinajstić information content (AvgIpc) is 2.39. The van der Waals surface area contributed by atoms with Crippen molar-refractivity contribution in [3.8, 4) is 0 Å². The van der Waals surface area contributed by atoms with Crippen LogP contribution in [-0.4, -0.2) is 37.6 Å². The summed E-state index contributed by atoms with van der Waals surface area (Å²) < 4.78 is 0. The Kier molecular flexibility index (Phi) is 5.77. The summed E-state index contributed by atoms with van der Waals surface area (Å²) >= 11 is 0. The summed E-state index contributed by atoms with van der Waals surface area (Å²) in [4.78, 5) is 2.72. The Morgan fingerprint density at radius 3 is 2.62 bits per heavy atom. The van der Waals surface area contributed by atoms with Gasteiger partial charge in [0.25, 0.3) is 0 Å². The number of hydrogen-bond donors (Lipinski definition) is 1. The normalized spacial score (nSPS) is 24.0. The number of likely N-dealkylation sites (tertiary alicyclic amines) is 1. The molecule has 0 aromatic carbocycles. The molecule has 1 fully saturated rings. The first-order chi connectivity index (χ1) is 7.59. The maximum absolute atomic E-state index is 3.35. The minimum absolute atomic E-state index is 0.561. The molecule has 0 saturated carbocycles. The highest BCUT2D eigenvalue weighted by Gasteiger charge is 2.26. The average molecular weight is 226 g/mol. The second-order valence-electron chi connectivity index (χ2n) is 6.05. The molecule has 1 N–H and O–H groups in total. The standard InChI is InChI=1S/C14H30N2/c1-5-7-13(12-15-4)16-10-6-8-14(2,3)9-11-16/h13,15H,5-12H2,1-4H3. The zero-order valence-electron chi connectivity index (χ0n) is 11.7. The molecule has 0 aromatic rings. The summed E-state index contributed by atoms with van der Waals surface area (Å²) in [6.07, 6.45) is 6.75. The number of nitrogens with zero attached hydrogens (tertiary/aromatic N) is 1. The lowest BCUT2D eigenvalue weighted by Gasteiger charge is -2.31. The fraction of sp³-hybridized carbons (Fsp3) is 1.00. The Labute approximate surface area is 102 Å². The molecule has 0 aromatic heterocycles. The molecule has 1 unspecified atom stereocenters. The van der Waals surface area contributed by atoms with E-state index in [4.69, 9.17) is 0 Å². The van der Waals surface area contributed by atoms with Crippen molar-refractivity contribution in [3.63, 3.8) is 0 Å². The van der Waals surface area contributed by atoms with Crippen molar-refractivity contribution in [2.45, 2.75) is 58.9 Å². The topological polar surface area (TPSA) is 15.3 Å². The molecule has 1 rings (SSSR count). The van der Waals surface area contributed by atoms with Crippen LogP contribution in [0.15, 0.2) is 0 Å². The van der Waals surface area contributed by atoms with E-state index < -0.39 is 0 Å². The summed E-state index contributed by atoms with van der Waals surface area (Å²) in [6, 6.07) is 0.754. The van der Waals surface area contributed by atoms with Crippen LogP contribution in [0.2, 0.25) is 0 Å². The van der Waals surface area contributed by atoms with Crippen LogP contribution in [0.5, 0.6) is 0 Å². The number of rotatable bonds is 5. The lowest BCUT2D eigenvalue weighted by Crippen LogP contribution is -2.42. The number of hydrogen-bond acceptors (Lipinski definition) is 2. The molecule has 1 heterocycles. The van der Waals surface area contributed by atoms with Crippen molar-refractivity contribution in [1.29, 1.82) is 0 Å². The largest absolute Gasteiger partial charge is 0.318 e. The fourth-order valence-corrected chi connectivity index (χ4v) is 2.79. The Bertz CT molecular complexity index is 183. The van der Waals surface area contributed by atoms with Crippen LogP contribution >= 0.6 is 0 Å². The van der Waals surface area contributed by atoms with Crippen molar-refractivity contribution in [2.75, 3.05) is 26.7 Å². The van der Waals surface area contributed by atoms with Crippen molar-refractivity contribution in [3.05, 3.63) is 0 Å². The number of likely N-dealkylation sites (N-methyl/N-ethyl adjacent to an activating group) is 1. The summed E-state index contributed by atoms with van der Waals surface area (Å²) in [5.41, 5.74) is 0.561. The molecule has 1 aliphatic rings. The predicted molar refractivity (Wildman–Crippen MR) is 71.8 cm³/mol. The van der Waals surface area contributed by atoms with E-state index in [2.05, 4.69) is 38.0 Å². The fourth-order valence-electron chi connectivity index (χ4n) is 2.79. The zero-order chi connectivity index (χ0) is 12.0. The summed E-state index contributed by atoms with van der Waals surface area (Å²) in [5, 5.41) is 3.35. The monoisotopic (exact) mass is 226 g/mol. The molecule has 0 bridgehead atoms. The highest BCUT2D eigenvalue weighted by molar-refractivity contribution is 4.81. The van der Waals surface area contributed by atoms with Crippen LogP contribution in [-0.2, 0) is 0 Å². The van der Waals surface area contributed by atoms with Gasteiger partial charge < -0.3 is 5.32 Å². The van der Waals surface area contributed by atoms with Crippen LogP contribution < -0.4 is 5.32 Å². The maximum Gasteiger partial charge on any atom is 0.0220 e. The minimum atomic E-state index is 0.561. The van der Waals surface area contributed by atoms with Crippen molar-refractivity contribution in [2.24, 2.45) is 5.41 Å². The molecule has 0 amide bonds. The molecule has 0 aliphatic carbocycles. The van der Waals surface area contributed by atoms with Crippen LogP contribution in [0, 0.1) is 5.41 Å². The molecular formula is C14H30N2. The number of nitrogens with one attached hydrogen (secondary N) is 1. The smallest absolute Gasteiger partial charge is 0.0220 e. The Hall–Kier alpha value is -0.0800. The molecule has 0 spiro atoms. The van der Waals surface area contributed by atoms with Gasteiger partial charge in [-0.3, -0.25) is 4.90 Å². The summed E-state index contributed by atoms with van der Waals surface area (Å²) in [7, 11) is 2.07. The van der Waals surface area contributed by atoms with Gasteiger partial charge in [0.05, 0.1) is 0 Å². The summed E-state index contributed by atoms with van der Waals surface area (Å²) in [6.45, 7) is 10.9. The van der Waals surface area contributed by atoms with Crippen LogP contribution in [0.1, 0.15) is 52.9 Å². The van der Waals surface area contributed by atoms with Gasteiger partial charge in [-0.05, 0) is 51.2 Å². The van der Waals surface area contributed by atoms with Gasteiger partial charge in [-0.2, -0.15) is 0 Å². The molecule has 1 saturated heterocycles. The SMILES string of the molecule is CCCC(CNC)N1CCCC(C)(C)CC1. The molecule has 0 radical (unpaired) electrons. The van der Waals surface area contributed by atoms with Gasteiger partial charge in [-0.15, -0.1) is 0 Å². The van der Waals surface area contributed by atoms with E-state index in [0.717, 1.165) is 12.6 Å². The highest BCUT2D eigenvalue weighted by Crippen LogP contribution is 2.30. The first-order valence-electron chi connectivity index (χ1n) is 6.97. The third-order valence-corrected chi connectivity index (χ3v) is 3.95. The van der Waals surface area contributed by atoms with Crippen LogP contribution in [0.3, 0.4) is 0 Å². The summed E-state index contributed by atoms with van der Waals surface area (Å²) in [5.74, 6) is 0. The van der Waals surface area contributed by atoms with Gasteiger partial charge in [0.15, 0.2) is 0 Å².